The molecule has 1 heterocycles. The van der Waals surface area contributed by atoms with Crippen molar-refractivity contribution in [2.75, 3.05) is 39.9 Å². The lowest BCUT2D eigenvalue weighted by atomic mass is 10.1. The second-order valence-corrected chi connectivity index (χ2v) is 8.63. The SMILES string of the molecule is CCN(CCNC(=NC)NCc1ccc(C)cc1OC1CCOC1)C(=O)OC(C)(C)C.I. The second kappa shape index (κ2) is 13.7. The summed E-state index contributed by atoms with van der Waals surface area (Å²) in [5.74, 6) is 1.54. The molecule has 8 nitrogen and oxygen atoms in total. The van der Waals surface area contributed by atoms with Crippen LogP contribution in [0.4, 0.5) is 4.79 Å². The summed E-state index contributed by atoms with van der Waals surface area (Å²) in [5.41, 5.74) is 1.71. The summed E-state index contributed by atoms with van der Waals surface area (Å²) >= 11 is 0. The Hall–Kier alpha value is -1.75. The van der Waals surface area contributed by atoms with E-state index in [4.69, 9.17) is 14.2 Å². The Kier molecular flexibility index (Phi) is 12.1. The van der Waals surface area contributed by atoms with Crippen molar-refractivity contribution >= 4 is 36.0 Å². The van der Waals surface area contributed by atoms with Crippen LogP contribution < -0.4 is 15.4 Å². The Labute approximate surface area is 209 Å². The number of halogens is 1. The highest BCUT2D eigenvalue weighted by Gasteiger charge is 2.21. The fourth-order valence-corrected chi connectivity index (χ4v) is 3.12. The molecule has 1 aromatic carbocycles. The highest BCUT2D eigenvalue weighted by Crippen LogP contribution is 2.23. The van der Waals surface area contributed by atoms with Crippen molar-refractivity contribution in [3.05, 3.63) is 29.3 Å². The highest BCUT2D eigenvalue weighted by molar-refractivity contribution is 14.0. The average Bonchev–Trinajstić information content (AvgIpc) is 3.20. The second-order valence-electron chi connectivity index (χ2n) is 8.63. The normalized spacial score (nSPS) is 16.2. The van der Waals surface area contributed by atoms with Crippen LogP contribution in [-0.4, -0.2) is 68.6 Å². The van der Waals surface area contributed by atoms with E-state index in [0.717, 1.165) is 29.9 Å². The minimum atomic E-state index is -0.506. The van der Waals surface area contributed by atoms with E-state index in [2.05, 4.69) is 40.7 Å². The summed E-state index contributed by atoms with van der Waals surface area (Å²) in [6.45, 7) is 13.2. The number of carbonyl (C=O) groups excluding carboxylic acids is 1. The zero-order chi connectivity index (χ0) is 22.9. The van der Waals surface area contributed by atoms with E-state index in [1.165, 1.54) is 0 Å². The molecule has 0 bridgehead atoms. The number of aliphatic imine (C=N–C) groups is 1. The van der Waals surface area contributed by atoms with Gasteiger partial charge in [-0.3, -0.25) is 4.99 Å². The number of carbonyl (C=O) groups is 1. The predicted molar refractivity (Wildman–Crippen MR) is 138 cm³/mol. The van der Waals surface area contributed by atoms with Crippen LogP contribution >= 0.6 is 24.0 Å². The van der Waals surface area contributed by atoms with Crippen LogP contribution in [0.1, 0.15) is 45.2 Å². The molecule has 1 unspecified atom stereocenters. The van der Waals surface area contributed by atoms with Gasteiger partial charge in [0.05, 0.1) is 13.2 Å². The summed E-state index contributed by atoms with van der Waals surface area (Å²) in [6.07, 6.45) is 0.707. The van der Waals surface area contributed by atoms with Gasteiger partial charge in [-0.1, -0.05) is 12.1 Å². The third kappa shape index (κ3) is 9.81. The van der Waals surface area contributed by atoms with E-state index in [0.29, 0.717) is 38.7 Å². The van der Waals surface area contributed by atoms with E-state index in [-0.39, 0.29) is 36.2 Å². The van der Waals surface area contributed by atoms with Crippen molar-refractivity contribution in [1.29, 1.82) is 0 Å². The maximum absolute atomic E-state index is 12.3. The third-order valence-electron chi connectivity index (χ3n) is 4.78. The molecule has 1 fully saturated rings. The van der Waals surface area contributed by atoms with Crippen LogP contribution in [0.15, 0.2) is 23.2 Å². The van der Waals surface area contributed by atoms with Gasteiger partial charge in [-0.05, 0) is 46.2 Å². The number of likely N-dealkylation sites (N-methyl/N-ethyl adjacent to an activating group) is 1. The molecule has 2 N–H and O–H groups in total. The van der Waals surface area contributed by atoms with Crippen molar-refractivity contribution in [1.82, 2.24) is 15.5 Å². The zero-order valence-corrected chi connectivity index (χ0v) is 22.5. The summed E-state index contributed by atoms with van der Waals surface area (Å²) in [4.78, 5) is 18.2. The Bertz CT molecular complexity index is 746. The van der Waals surface area contributed by atoms with Crippen LogP contribution in [0.5, 0.6) is 5.75 Å². The van der Waals surface area contributed by atoms with Gasteiger partial charge in [0.1, 0.15) is 17.5 Å². The molecule has 0 radical (unpaired) electrons. The van der Waals surface area contributed by atoms with Gasteiger partial charge in [-0.2, -0.15) is 0 Å². The lowest BCUT2D eigenvalue weighted by Gasteiger charge is -2.26. The number of ether oxygens (including phenoxy) is 3. The summed E-state index contributed by atoms with van der Waals surface area (Å²) in [7, 11) is 1.73. The van der Waals surface area contributed by atoms with Gasteiger partial charge in [0.15, 0.2) is 5.96 Å². The Morgan fingerprint density at radius 2 is 2.06 bits per heavy atom. The van der Waals surface area contributed by atoms with E-state index >= 15 is 0 Å². The number of benzene rings is 1. The lowest BCUT2D eigenvalue weighted by Crippen LogP contribution is -2.44. The molecule has 1 amide bonds. The van der Waals surface area contributed by atoms with Crippen LogP contribution in [-0.2, 0) is 16.0 Å². The summed E-state index contributed by atoms with van der Waals surface area (Å²) in [6, 6.07) is 6.21. The zero-order valence-electron chi connectivity index (χ0n) is 20.2. The van der Waals surface area contributed by atoms with Crippen LogP contribution in [0.2, 0.25) is 0 Å². The maximum Gasteiger partial charge on any atom is 0.410 e. The number of aryl methyl sites for hydroxylation is 1. The Morgan fingerprint density at radius 3 is 2.66 bits per heavy atom. The number of guanidine groups is 1. The number of nitrogens with zero attached hydrogens (tertiary/aromatic N) is 2. The van der Waals surface area contributed by atoms with Crippen LogP contribution in [0.3, 0.4) is 0 Å². The van der Waals surface area contributed by atoms with Gasteiger partial charge < -0.3 is 29.7 Å². The maximum atomic E-state index is 12.3. The Balaban J connectivity index is 0.00000512. The molecule has 1 atom stereocenters. The summed E-state index contributed by atoms with van der Waals surface area (Å²) < 4.78 is 17.0. The molecule has 32 heavy (non-hydrogen) atoms. The van der Waals surface area contributed by atoms with Crippen LogP contribution in [0.25, 0.3) is 0 Å². The van der Waals surface area contributed by atoms with Gasteiger partial charge in [0.2, 0.25) is 0 Å². The lowest BCUT2D eigenvalue weighted by molar-refractivity contribution is 0.0264. The monoisotopic (exact) mass is 562 g/mol. The van der Waals surface area contributed by atoms with Gasteiger partial charge in [0, 0.05) is 45.2 Å². The largest absolute Gasteiger partial charge is 0.488 e. The fourth-order valence-electron chi connectivity index (χ4n) is 3.12. The molecule has 0 saturated carbocycles. The van der Waals surface area contributed by atoms with Crippen molar-refractivity contribution < 1.29 is 19.0 Å². The van der Waals surface area contributed by atoms with Crippen LogP contribution in [0, 0.1) is 6.92 Å². The molecule has 1 aromatic rings. The molecular formula is C23H39IN4O4. The number of rotatable bonds is 8. The molecule has 1 aliphatic rings. The number of nitrogens with one attached hydrogen (secondary N) is 2. The first-order valence-corrected chi connectivity index (χ1v) is 11.0. The van der Waals surface area contributed by atoms with Gasteiger partial charge in [-0.15, -0.1) is 24.0 Å². The molecule has 1 aliphatic heterocycles. The first-order valence-electron chi connectivity index (χ1n) is 11.0. The predicted octanol–water partition coefficient (Wildman–Crippen LogP) is 3.70. The quantitative estimate of drug-likeness (QED) is 0.286. The van der Waals surface area contributed by atoms with E-state index in [1.807, 2.05) is 27.7 Å². The molecule has 9 heteroatoms. The summed E-state index contributed by atoms with van der Waals surface area (Å²) in [5, 5.41) is 6.58. The molecule has 182 valence electrons. The smallest absolute Gasteiger partial charge is 0.410 e. The van der Waals surface area contributed by atoms with Gasteiger partial charge in [-0.25, -0.2) is 4.79 Å². The third-order valence-corrected chi connectivity index (χ3v) is 4.78. The van der Waals surface area contributed by atoms with Crippen molar-refractivity contribution in [2.45, 2.75) is 59.3 Å². The van der Waals surface area contributed by atoms with E-state index < -0.39 is 5.60 Å². The molecule has 0 aliphatic carbocycles. The molecule has 2 rings (SSSR count). The fraction of sp³-hybridized carbons (Fsp3) is 0.652. The highest BCUT2D eigenvalue weighted by atomic mass is 127. The molecule has 0 spiro atoms. The standard InChI is InChI=1S/C23H38N4O4.HI/c1-7-27(22(28)31-23(3,4)5)12-11-25-21(24-6)26-15-18-9-8-17(2)14-20(18)30-19-10-13-29-16-19;/h8-9,14,19H,7,10-13,15-16H2,1-6H3,(H2,24,25,26);1H. The minimum Gasteiger partial charge on any atom is -0.488 e. The van der Waals surface area contributed by atoms with Crippen molar-refractivity contribution in [2.24, 2.45) is 4.99 Å². The average molecular weight is 562 g/mol. The van der Waals surface area contributed by atoms with Gasteiger partial charge in [0.25, 0.3) is 0 Å². The van der Waals surface area contributed by atoms with E-state index in [1.54, 1.807) is 11.9 Å². The number of hydrogen-bond donors (Lipinski definition) is 2. The first kappa shape index (κ1) is 28.3. The molecule has 1 saturated heterocycles. The minimum absolute atomic E-state index is 0. The van der Waals surface area contributed by atoms with Gasteiger partial charge >= 0.3 is 6.09 Å². The van der Waals surface area contributed by atoms with Crippen molar-refractivity contribution in [3.63, 3.8) is 0 Å². The first-order chi connectivity index (χ1) is 14.7. The van der Waals surface area contributed by atoms with Crippen molar-refractivity contribution in [3.8, 4) is 5.75 Å². The molecular weight excluding hydrogens is 523 g/mol. The number of amides is 1. The Morgan fingerprint density at radius 1 is 1.31 bits per heavy atom. The molecule has 0 aromatic heterocycles. The topological polar surface area (TPSA) is 84.4 Å². The van der Waals surface area contributed by atoms with E-state index in [9.17, 15) is 4.79 Å². The number of hydrogen-bond acceptors (Lipinski definition) is 5.